The number of carbonyl (C=O) groups excluding carboxylic acids is 2. The first-order chi connectivity index (χ1) is 8.73. The van der Waals surface area contributed by atoms with Gasteiger partial charge in [0, 0.05) is 19.1 Å². The Kier molecular flexibility index (Phi) is 5.43. The predicted octanol–water partition coefficient (Wildman–Crippen LogP) is 1.31. The zero-order chi connectivity index (χ0) is 14.6. The van der Waals surface area contributed by atoms with Crippen molar-refractivity contribution in [3.05, 3.63) is 0 Å². The van der Waals surface area contributed by atoms with Gasteiger partial charge in [-0.2, -0.15) is 0 Å². The van der Waals surface area contributed by atoms with Crippen LogP contribution in [0, 0.1) is 5.92 Å². The smallest absolute Gasteiger partial charge is 0.410 e. The molecule has 1 aliphatic rings. The zero-order valence-electron chi connectivity index (χ0n) is 11.5. The molecule has 2 unspecified atom stereocenters. The Morgan fingerprint density at radius 2 is 2.00 bits per heavy atom. The molecule has 0 saturated carbocycles. The molecule has 0 spiro atoms. The number of nitrogens with two attached hydrogens (primary N) is 1. The Balaban J connectivity index is 2.64. The van der Waals surface area contributed by atoms with Gasteiger partial charge in [0.15, 0.2) is 6.07 Å². The van der Waals surface area contributed by atoms with Crippen LogP contribution < -0.4 is 5.73 Å². The van der Waals surface area contributed by atoms with Crippen LogP contribution in [0.1, 0.15) is 27.2 Å². The van der Waals surface area contributed by atoms with Crippen LogP contribution in [0.2, 0.25) is 0 Å². The maximum atomic E-state index is 12.0. The first kappa shape index (κ1) is 16.0. The van der Waals surface area contributed by atoms with E-state index in [4.69, 9.17) is 26.8 Å². The average molecular weight is 293 g/mol. The van der Waals surface area contributed by atoms with Crippen LogP contribution in [0.3, 0.4) is 0 Å². The largest absolute Gasteiger partial charge is 0.449 e. The van der Waals surface area contributed by atoms with Crippen molar-refractivity contribution < 1.29 is 19.1 Å². The van der Waals surface area contributed by atoms with Crippen LogP contribution in [0.15, 0.2) is 0 Å². The lowest BCUT2D eigenvalue weighted by Crippen LogP contribution is -2.52. The molecule has 1 heterocycles. The van der Waals surface area contributed by atoms with Gasteiger partial charge in [-0.1, -0.05) is 11.6 Å². The van der Waals surface area contributed by atoms with Gasteiger partial charge in [0.2, 0.25) is 0 Å². The monoisotopic (exact) mass is 292 g/mol. The van der Waals surface area contributed by atoms with E-state index in [1.807, 2.05) is 0 Å². The van der Waals surface area contributed by atoms with Gasteiger partial charge in [0.25, 0.3) is 0 Å². The minimum atomic E-state index is -0.579. The van der Waals surface area contributed by atoms with Crippen molar-refractivity contribution in [3.63, 3.8) is 0 Å². The molecular formula is C12H21ClN2O4. The van der Waals surface area contributed by atoms with Crippen LogP contribution in [0.5, 0.6) is 0 Å². The Morgan fingerprint density at radius 1 is 1.37 bits per heavy atom. The van der Waals surface area contributed by atoms with E-state index in [0.717, 1.165) is 0 Å². The predicted molar refractivity (Wildman–Crippen MR) is 70.7 cm³/mol. The topological polar surface area (TPSA) is 81.9 Å². The summed E-state index contributed by atoms with van der Waals surface area (Å²) in [6.07, 6.45) is 0.0148. The zero-order valence-corrected chi connectivity index (χ0v) is 12.3. The fourth-order valence-corrected chi connectivity index (χ4v) is 2.06. The van der Waals surface area contributed by atoms with E-state index in [2.05, 4.69) is 0 Å². The molecule has 7 heteroatoms. The van der Waals surface area contributed by atoms with Gasteiger partial charge in [-0.15, -0.1) is 0 Å². The van der Waals surface area contributed by atoms with Crippen LogP contribution in [0.4, 0.5) is 4.79 Å². The number of alkyl halides is 1. The molecule has 0 radical (unpaired) electrons. The molecule has 1 fully saturated rings. The number of nitrogens with zero attached hydrogens (tertiary/aromatic N) is 1. The van der Waals surface area contributed by atoms with Crippen molar-refractivity contribution in [2.45, 2.75) is 38.8 Å². The molecule has 1 saturated heterocycles. The molecule has 110 valence electrons. The highest BCUT2D eigenvalue weighted by atomic mass is 35.5. The van der Waals surface area contributed by atoms with E-state index in [0.29, 0.717) is 13.0 Å². The van der Waals surface area contributed by atoms with E-state index in [1.54, 1.807) is 20.8 Å². The fourth-order valence-electron chi connectivity index (χ4n) is 1.96. The third-order valence-corrected chi connectivity index (χ3v) is 2.77. The van der Waals surface area contributed by atoms with E-state index < -0.39 is 23.6 Å². The van der Waals surface area contributed by atoms with E-state index in [9.17, 15) is 9.59 Å². The standard InChI is InChI=1S/C12H21ClN2O4/c1-12(2,3)19-11(17)15-5-8(4-9(14)6-15)10(16)18-7-13/h8-9H,4-7,14H2,1-3H3. The lowest BCUT2D eigenvalue weighted by molar-refractivity contribution is -0.148. The van der Waals surface area contributed by atoms with Crippen molar-refractivity contribution in [1.29, 1.82) is 0 Å². The molecule has 19 heavy (non-hydrogen) atoms. The van der Waals surface area contributed by atoms with Crippen LogP contribution >= 0.6 is 11.6 Å². The van der Waals surface area contributed by atoms with Gasteiger partial charge in [-0.25, -0.2) is 4.79 Å². The lowest BCUT2D eigenvalue weighted by Gasteiger charge is -2.35. The highest BCUT2D eigenvalue weighted by molar-refractivity contribution is 6.17. The van der Waals surface area contributed by atoms with Gasteiger partial charge < -0.3 is 20.1 Å². The number of halogens is 1. The van der Waals surface area contributed by atoms with E-state index >= 15 is 0 Å². The maximum absolute atomic E-state index is 12.0. The Hall–Kier alpha value is -1.01. The molecule has 1 amide bonds. The average Bonchev–Trinajstić information content (AvgIpc) is 2.26. The fraction of sp³-hybridized carbons (Fsp3) is 0.833. The minimum Gasteiger partial charge on any atom is -0.449 e. The third-order valence-electron chi connectivity index (χ3n) is 2.66. The number of hydrogen-bond donors (Lipinski definition) is 1. The van der Waals surface area contributed by atoms with Gasteiger partial charge in [-0.05, 0) is 27.2 Å². The molecule has 6 nitrogen and oxygen atoms in total. The highest BCUT2D eigenvalue weighted by Gasteiger charge is 2.35. The van der Waals surface area contributed by atoms with Crippen LogP contribution in [-0.4, -0.2) is 47.8 Å². The summed E-state index contributed by atoms with van der Waals surface area (Å²) in [5.41, 5.74) is 5.28. The summed E-state index contributed by atoms with van der Waals surface area (Å²) in [5, 5.41) is 0. The van der Waals surface area contributed by atoms with E-state index in [-0.39, 0.29) is 18.7 Å². The summed E-state index contributed by atoms with van der Waals surface area (Å²) >= 11 is 5.36. The van der Waals surface area contributed by atoms with Crippen molar-refractivity contribution in [1.82, 2.24) is 4.90 Å². The number of rotatable bonds is 2. The Labute approximate surface area is 118 Å². The van der Waals surface area contributed by atoms with Crippen LogP contribution in [0.25, 0.3) is 0 Å². The number of carbonyl (C=O) groups is 2. The van der Waals surface area contributed by atoms with Crippen molar-refractivity contribution in [3.8, 4) is 0 Å². The van der Waals surface area contributed by atoms with Gasteiger partial charge >= 0.3 is 12.1 Å². The molecule has 0 aromatic heterocycles. The Bertz CT molecular complexity index is 343. The normalized spacial score (nSPS) is 23.9. The first-order valence-electron chi connectivity index (χ1n) is 6.19. The second-order valence-corrected chi connectivity index (χ2v) is 5.87. The second-order valence-electron chi connectivity index (χ2n) is 5.65. The summed E-state index contributed by atoms with van der Waals surface area (Å²) in [6, 6.07) is -0.467. The molecule has 1 aliphatic heterocycles. The lowest BCUT2D eigenvalue weighted by atomic mass is 9.95. The van der Waals surface area contributed by atoms with Crippen LogP contribution in [-0.2, 0) is 14.3 Å². The number of amides is 1. The summed E-state index contributed by atoms with van der Waals surface area (Å²) < 4.78 is 10.0. The number of ether oxygens (including phenoxy) is 2. The van der Waals surface area contributed by atoms with Gasteiger partial charge in [-0.3, -0.25) is 4.79 Å². The number of likely N-dealkylation sites (tertiary alicyclic amines) is 1. The molecule has 0 aromatic rings. The molecule has 0 aliphatic carbocycles. The quantitative estimate of drug-likeness (QED) is 0.613. The molecule has 0 aromatic carbocycles. The minimum absolute atomic E-state index is 0.197. The SMILES string of the molecule is CC(C)(C)OC(=O)N1CC(N)CC(C(=O)OCCl)C1. The molecule has 2 atom stereocenters. The summed E-state index contributed by atoms with van der Waals surface area (Å²) in [7, 11) is 0. The van der Waals surface area contributed by atoms with E-state index in [1.165, 1.54) is 4.90 Å². The molecule has 1 rings (SSSR count). The summed E-state index contributed by atoms with van der Waals surface area (Å²) in [4.78, 5) is 25.1. The molecule has 0 bridgehead atoms. The Morgan fingerprint density at radius 3 is 2.53 bits per heavy atom. The number of hydrogen-bond acceptors (Lipinski definition) is 5. The maximum Gasteiger partial charge on any atom is 0.410 e. The third kappa shape index (κ3) is 5.24. The van der Waals surface area contributed by atoms with Crippen molar-refractivity contribution >= 4 is 23.7 Å². The van der Waals surface area contributed by atoms with Gasteiger partial charge in [0.05, 0.1) is 5.92 Å². The molecular weight excluding hydrogens is 272 g/mol. The van der Waals surface area contributed by atoms with Gasteiger partial charge in [0.1, 0.15) is 5.60 Å². The number of esters is 1. The number of piperidine rings is 1. The first-order valence-corrected chi connectivity index (χ1v) is 6.72. The molecule has 2 N–H and O–H groups in total. The highest BCUT2D eigenvalue weighted by Crippen LogP contribution is 2.20. The summed E-state index contributed by atoms with van der Waals surface area (Å²) in [5.74, 6) is -0.881. The second kappa shape index (κ2) is 6.43. The van der Waals surface area contributed by atoms with Crippen molar-refractivity contribution in [2.75, 3.05) is 19.2 Å². The summed E-state index contributed by atoms with van der Waals surface area (Å²) in [6.45, 7) is 5.98. The van der Waals surface area contributed by atoms with Crippen molar-refractivity contribution in [2.24, 2.45) is 11.7 Å².